The molecule has 0 saturated carbocycles. The van der Waals surface area contributed by atoms with Gasteiger partial charge in [0, 0.05) is 12.2 Å². The van der Waals surface area contributed by atoms with Crippen molar-refractivity contribution in [3.63, 3.8) is 0 Å². The molecule has 112 valence electrons. The molecule has 1 heterocycles. The molecule has 1 aromatic carbocycles. The molecular weight excluding hydrogens is 276 g/mol. The summed E-state index contributed by atoms with van der Waals surface area (Å²) in [5.74, 6) is 0.461. The van der Waals surface area contributed by atoms with Crippen LogP contribution in [-0.2, 0) is 9.53 Å². The fraction of sp³-hybridized carbons (Fsp3) is 0.533. The molecule has 2 atom stereocenters. The number of morpholine rings is 1. The number of ether oxygens (including phenoxy) is 1. The molecule has 2 N–H and O–H groups in total. The van der Waals surface area contributed by atoms with E-state index in [9.17, 15) is 4.79 Å². The molecule has 2 rings (SSSR count). The van der Waals surface area contributed by atoms with E-state index in [1.165, 1.54) is 5.56 Å². The van der Waals surface area contributed by atoms with Crippen LogP contribution in [0.1, 0.15) is 32.3 Å². The number of carbonyl (C=O) groups is 1. The number of rotatable bonds is 3. The van der Waals surface area contributed by atoms with Crippen LogP contribution < -0.4 is 10.6 Å². The number of halogens is 1. The molecule has 1 saturated heterocycles. The summed E-state index contributed by atoms with van der Waals surface area (Å²) in [6, 6.07) is 7.71. The summed E-state index contributed by atoms with van der Waals surface area (Å²) in [5, 5.41) is 6.11. The first-order valence-corrected chi connectivity index (χ1v) is 6.83. The standard InChI is InChI=1S/C15H22N2O2.ClH/c1-10(2)12-4-6-13(7-5-12)17-15(18)14-11(3)19-9-8-16-14;/h4-7,10-11,14,16H,8-9H2,1-3H3,(H,17,18);1H/t11-,14+;/m1./s1. The van der Waals surface area contributed by atoms with Gasteiger partial charge in [0.1, 0.15) is 6.04 Å². The minimum absolute atomic E-state index is 0. The van der Waals surface area contributed by atoms with Crippen molar-refractivity contribution >= 4 is 24.0 Å². The van der Waals surface area contributed by atoms with E-state index >= 15 is 0 Å². The molecular formula is C15H23ClN2O2. The van der Waals surface area contributed by atoms with E-state index in [4.69, 9.17) is 4.74 Å². The topological polar surface area (TPSA) is 50.4 Å². The molecule has 0 aromatic heterocycles. The highest BCUT2D eigenvalue weighted by molar-refractivity contribution is 5.95. The van der Waals surface area contributed by atoms with Crippen LogP contribution in [0, 0.1) is 0 Å². The van der Waals surface area contributed by atoms with Gasteiger partial charge in [-0.1, -0.05) is 26.0 Å². The van der Waals surface area contributed by atoms with Gasteiger partial charge in [-0.25, -0.2) is 0 Å². The van der Waals surface area contributed by atoms with Gasteiger partial charge in [0.2, 0.25) is 5.91 Å². The van der Waals surface area contributed by atoms with E-state index in [1.807, 2.05) is 19.1 Å². The van der Waals surface area contributed by atoms with Crippen molar-refractivity contribution in [1.29, 1.82) is 0 Å². The number of amides is 1. The van der Waals surface area contributed by atoms with E-state index in [0.29, 0.717) is 19.1 Å². The van der Waals surface area contributed by atoms with Crippen LogP contribution in [0.4, 0.5) is 5.69 Å². The Kier molecular flexibility index (Phi) is 6.46. The van der Waals surface area contributed by atoms with Crippen LogP contribution >= 0.6 is 12.4 Å². The second-order valence-corrected chi connectivity index (χ2v) is 5.27. The van der Waals surface area contributed by atoms with E-state index < -0.39 is 0 Å². The zero-order valence-electron chi connectivity index (χ0n) is 12.2. The van der Waals surface area contributed by atoms with E-state index in [-0.39, 0.29) is 30.5 Å². The molecule has 4 nitrogen and oxygen atoms in total. The first kappa shape index (κ1) is 17.0. The molecule has 0 unspecified atom stereocenters. The Morgan fingerprint density at radius 2 is 2.00 bits per heavy atom. The molecule has 0 spiro atoms. The van der Waals surface area contributed by atoms with Crippen LogP contribution in [0.5, 0.6) is 0 Å². The minimum Gasteiger partial charge on any atom is -0.375 e. The van der Waals surface area contributed by atoms with Gasteiger partial charge in [0.15, 0.2) is 0 Å². The normalized spacial score (nSPS) is 22.2. The van der Waals surface area contributed by atoms with Crippen molar-refractivity contribution in [3.8, 4) is 0 Å². The highest BCUT2D eigenvalue weighted by Gasteiger charge is 2.28. The number of hydrogen-bond acceptors (Lipinski definition) is 3. The Morgan fingerprint density at radius 3 is 2.55 bits per heavy atom. The summed E-state index contributed by atoms with van der Waals surface area (Å²) in [7, 11) is 0. The lowest BCUT2D eigenvalue weighted by Gasteiger charge is -2.29. The number of carbonyl (C=O) groups excluding carboxylic acids is 1. The molecule has 1 amide bonds. The first-order chi connectivity index (χ1) is 9.08. The van der Waals surface area contributed by atoms with Crippen molar-refractivity contribution in [2.24, 2.45) is 0 Å². The lowest BCUT2D eigenvalue weighted by Crippen LogP contribution is -2.53. The first-order valence-electron chi connectivity index (χ1n) is 6.83. The minimum atomic E-state index is -0.279. The zero-order chi connectivity index (χ0) is 13.8. The Labute approximate surface area is 126 Å². The molecule has 0 bridgehead atoms. The SMILES string of the molecule is CC(C)c1ccc(NC(=O)[C@H]2NCCO[C@@H]2C)cc1.Cl. The lowest BCUT2D eigenvalue weighted by molar-refractivity contribution is -0.123. The summed E-state index contributed by atoms with van der Waals surface area (Å²) < 4.78 is 5.48. The van der Waals surface area contributed by atoms with Gasteiger partial charge < -0.3 is 15.4 Å². The van der Waals surface area contributed by atoms with Crippen LogP contribution in [0.2, 0.25) is 0 Å². The lowest BCUT2D eigenvalue weighted by atomic mass is 10.0. The van der Waals surface area contributed by atoms with Gasteiger partial charge in [-0.05, 0) is 30.5 Å². The summed E-state index contributed by atoms with van der Waals surface area (Å²) in [4.78, 5) is 12.1. The Hall–Kier alpha value is -1.10. The summed E-state index contributed by atoms with van der Waals surface area (Å²) in [6.07, 6.45) is -0.0938. The van der Waals surface area contributed by atoms with Crippen molar-refractivity contribution in [3.05, 3.63) is 29.8 Å². The van der Waals surface area contributed by atoms with Gasteiger partial charge in [0.25, 0.3) is 0 Å². The smallest absolute Gasteiger partial charge is 0.244 e. The highest BCUT2D eigenvalue weighted by Crippen LogP contribution is 2.17. The predicted octanol–water partition coefficient (Wildman–Crippen LogP) is 2.55. The van der Waals surface area contributed by atoms with Gasteiger partial charge in [0.05, 0.1) is 12.7 Å². The van der Waals surface area contributed by atoms with Gasteiger partial charge in [-0.2, -0.15) is 0 Å². The molecule has 0 radical (unpaired) electrons. The molecule has 5 heteroatoms. The van der Waals surface area contributed by atoms with E-state index in [1.54, 1.807) is 0 Å². The van der Waals surface area contributed by atoms with E-state index in [2.05, 4.69) is 36.6 Å². The van der Waals surface area contributed by atoms with Gasteiger partial charge >= 0.3 is 0 Å². The molecule has 0 aliphatic carbocycles. The number of nitrogens with one attached hydrogen (secondary N) is 2. The third kappa shape index (κ3) is 4.20. The van der Waals surface area contributed by atoms with Crippen LogP contribution in [-0.4, -0.2) is 31.2 Å². The Balaban J connectivity index is 0.00000200. The summed E-state index contributed by atoms with van der Waals surface area (Å²) >= 11 is 0. The highest BCUT2D eigenvalue weighted by atomic mass is 35.5. The largest absolute Gasteiger partial charge is 0.375 e. The monoisotopic (exact) mass is 298 g/mol. The average molecular weight is 299 g/mol. The van der Waals surface area contributed by atoms with Gasteiger partial charge in [-0.3, -0.25) is 4.79 Å². The molecule has 1 aliphatic heterocycles. The summed E-state index contributed by atoms with van der Waals surface area (Å²) in [6.45, 7) is 7.60. The summed E-state index contributed by atoms with van der Waals surface area (Å²) in [5.41, 5.74) is 2.10. The second-order valence-electron chi connectivity index (χ2n) is 5.27. The van der Waals surface area contributed by atoms with Crippen LogP contribution in [0.25, 0.3) is 0 Å². The molecule has 1 fully saturated rings. The number of hydrogen-bond donors (Lipinski definition) is 2. The molecule has 1 aliphatic rings. The Bertz CT molecular complexity index is 434. The maximum atomic E-state index is 12.1. The van der Waals surface area contributed by atoms with Crippen molar-refractivity contribution < 1.29 is 9.53 Å². The van der Waals surface area contributed by atoms with Crippen molar-refractivity contribution in [1.82, 2.24) is 5.32 Å². The Morgan fingerprint density at radius 1 is 1.35 bits per heavy atom. The molecule has 1 aromatic rings. The quantitative estimate of drug-likeness (QED) is 0.902. The zero-order valence-corrected chi connectivity index (χ0v) is 13.0. The predicted molar refractivity (Wildman–Crippen MR) is 83.6 cm³/mol. The average Bonchev–Trinajstić information content (AvgIpc) is 2.39. The van der Waals surface area contributed by atoms with Crippen molar-refractivity contribution in [2.75, 3.05) is 18.5 Å². The second kappa shape index (κ2) is 7.62. The third-order valence-corrected chi connectivity index (χ3v) is 3.44. The maximum Gasteiger partial charge on any atom is 0.244 e. The number of benzene rings is 1. The van der Waals surface area contributed by atoms with Crippen molar-refractivity contribution in [2.45, 2.75) is 38.8 Å². The van der Waals surface area contributed by atoms with Gasteiger partial charge in [-0.15, -0.1) is 12.4 Å². The fourth-order valence-corrected chi connectivity index (χ4v) is 2.20. The van der Waals surface area contributed by atoms with E-state index in [0.717, 1.165) is 5.69 Å². The fourth-order valence-electron chi connectivity index (χ4n) is 2.20. The molecule has 20 heavy (non-hydrogen) atoms. The third-order valence-electron chi connectivity index (χ3n) is 3.44. The van der Waals surface area contributed by atoms with Crippen LogP contribution in [0.15, 0.2) is 24.3 Å². The maximum absolute atomic E-state index is 12.1. The number of anilines is 1. The van der Waals surface area contributed by atoms with Crippen LogP contribution in [0.3, 0.4) is 0 Å².